The molecule has 48 valence electrons. The molecule has 10 heavy (non-hydrogen) atoms. The van der Waals surface area contributed by atoms with E-state index >= 15 is 0 Å². The number of rotatable bonds is 0. The van der Waals surface area contributed by atoms with Gasteiger partial charge < -0.3 is 20.7 Å². The minimum absolute atomic E-state index is 0. The van der Waals surface area contributed by atoms with Crippen LogP contribution in [0.4, 0.5) is 4.79 Å². The predicted molar refractivity (Wildman–Crippen MR) is 20.3 cm³/mol. The van der Waals surface area contributed by atoms with Crippen molar-refractivity contribution in [2.75, 3.05) is 0 Å². The van der Waals surface area contributed by atoms with Crippen LogP contribution in [0.2, 0.25) is 0 Å². The molecule has 0 unspecified atom stereocenters. The van der Waals surface area contributed by atoms with Gasteiger partial charge in [-0.25, -0.2) is 0 Å². The van der Waals surface area contributed by atoms with Crippen LogP contribution in [0.3, 0.4) is 0 Å². The summed E-state index contributed by atoms with van der Waals surface area (Å²) in [5.74, 6) is -0.333. The summed E-state index contributed by atoms with van der Waals surface area (Å²) in [6.45, 7) is 1.31. The average molecular weight is 197 g/mol. The van der Waals surface area contributed by atoms with Crippen molar-refractivity contribution in [3.05, 3.63) is 0 Å². The fourth-order valence-corrected chi connectivity index (χ4v) is 0. The molecule has 0 rings (SSSR count). The maximum Gasteiger partial charge on any atom is 1.00 e. The van der Waals surface area contributed by atoms with Crippen molar-refractivity contribution in [3.63, 3.8) is 0 Å². The second-order valence-electron chi connectivity index (χ2n) is 0.861. The van der Waals surface area contributed by atoms with E-state index in [9.17, 15) is 4.79 Å². The molecule has 0 spiro atoms. The van der Waals surface area contributed by atoms with Crippen molar-refractivity contribution >= 4 is 12.1 Å². The summed E-state index contributed by atoms with van der Waals surface area (Å²) in [4.78, 5) is 17.6. The Hall–Kier alpha value is 2.01. The van der Waals surface area contributed by atoms with Crippen molar-refractivity contribution in [2.45, 2.75) is 6.92 Å². The van der Waals surface area contributed by atoms with E-state index < -0.39 is 6.16 Å². The number of carboxylic acid groups (broad SMARTS) is 2. The van der Waals surface area contributed by atoms with E-state index in [4.69, 9.17) is 15.0 Å². The van der Waals surface area contributed by atoms with Gasteiger partial charge >= 0.3 is 103 Å². The first-order valence-electron chi connectivity index (χ1n) is 1.61. The van der Waals surface area contributed by atoms with E-state index in [1.807, 2.05) is 0 Å². The Morgan fingerprint density at radius 3 is 1.20 bits per heavy atom. The van der Waals surface area contributed by atoms with Gasteiger partial charge in [-0.05, 0) is 6.16 Å². The van der Waals surface area contributed by atoms with Gasteiger partial charge in [-0.3, -0.25) is 4.79 Å². The number of nitrogens with two attached hydrogens (primary N) is 1. The molecule has 0 atom stereocenters. The van der Waals surface area contributed by atoms with Crippen LogP contribution >= 0.6 is 0 Å². The number of hydrogen-bond acceptors (Lipinski definition) is 4. The van der Waals surface area contributed by atoms with Crippen molar-refractivity contribution in [1.82, 2.24) is 0 Å². The molecule has 0 radical (unpaired) electrons. The Labute approximate surface area is 144 Å². The molecule has 7 heteroatoms. The van der Waals surface area contributed by atoms with Crippen LogP contribution in [0, 0.1) is 0 Å². The number of primary amides is 1. The Bertz CT molecular complexity index is 76.5. The fourth-order valence-electron chi connectivity index (χ4n) is 0. The zero-order valence-electron chi connectivity index (χ0n) is 6.21. The second-order valence-corrected chi connectivity index (χ2v) is 0.861. The van der Waals surface area contributed by atoms with Gasteiger partial charge in [0.25, 0.3) is 0 Å². The van der Waals surface area contributed by atoms with Gasteiger partial charge in [-0.15, -0.1) is 0 Å². The molecule has 0 aliphatic rings. The van der Waals surface area contributed by atoms with Crippen molar-refractivity contribution in [1.29, 1.82) is 0 Å². The zero-order chi connectivity index (χ0) is 7.15. The molecular weight excluding hydrogens is 192 g/mol. The van der Waals surface area contributed by atoms with E-state index in [-0.39, 0.29) is 109 Å². The minimum Gasteiger partial charge on any atom is -0.652 e. The molecule has 0 saturated carbocycles. The van der Waals surface area contributed by atoms with Crippen molar-refractivity contribution < 1.29 is 123 Å². The quantitative estimate of drug-likeness (QED) is 0.389. The normalized spacial score (nSPS) is 4.90. The Kier molecular flexibility index (Phi) is 39.0. The summed E-state index contributed by atoms with van der Waals surface area (Å²) >= 11 is 0. The maximum atomic E-state index is 9.22. The van der Waals surface area contributed by atoms with Gasteiger partial charge in [0.05, 0.1) is 0 Å². The van der Waals surface area contributed by atoms with Gasteiger partial charge in [-0.2, -0.15) is 0 Å². The van der Waals surface area contributed by atoms with E-state index in [1.54, 1.807) is 0 Å². The largest absolute Gasteiger partial charge is 1.00 e. The molecule has 0 aliphatic carbocycles. The topological polar surface area (TPSA) is 106 Å². The van der Waals surface area contributed by atoms with E-state index in [0.29, 0.717) is 0 Å². The van der Waals surface area contributed by atoms with Gasteiger partial charge in [0.2, 0.25) is 5.91 Å². The third-order valence-electron chi connectivity index (χ3n) is 0. The van der Waals surface area contributed by atoms with Crippen LogP contribution in [-0.4, -0.2) is 12.1 Å². The van der Waals surface area contributed by atoms with E-state index in [1.165, 1.54) is 6.92 Å². The molecule has 2 N–H and O–H groups in total. The van der Waals surface area contributed by atoms with Crippen LogP contribution in [0.15, 0.2) is 0 Å². The van der Waals surface area contributed by atoms with Gasteiger partial charge in [0.1, 0.15) is 0 Å². The molecule has 0 aromatic rings. The van der Waals surface area contributed by atoms with Crippen LogP contribution < -0.4 is 119 Å². The molecule has 0 saturated heterocycles. The van der Waals surface area contributed by atoms with Crippen LogP contribution in [-0.2, 0) is 4.79 Å². The molecular formula is C3H5K2NO4. The monoisotopic (exact) mass is 197 g/mol. The first-order chi connectivity index (χ1) is 3.46. The first-order valence-corrected chi connectivity index (χ1v) is 1.61. The average Bonchev–Trinajstić information content (AvgIpc) is 1.25. The number of hydrogen-bond donors (Lipinski definition) is 1. The molecule has 0 bridgehead atoms. The van der Waals surface area contributed by atoms with Gasteiger partial charge in [0, 0.05) is 6.92 Å². The van der Waals surface area contributed by atoms with Crippen molar-refractivity contribution in [2.24, 2.45) is 5.73 Å². The minimum atomic E-state index is -2.33. The third kappa shape index (κ3) is 201. The third-order valence-corrected chi connectivity index (χ3v) is 0. The Morgan fingerprint density at radius 1 is 1.20 bits per heavy atom. The SMILES string of the molecule is CC(N)=O.O=C([O-])[O-].[K+].[K+]. The summed E-state index contributed by atoms with van der Waals surface area (Å²) in [5, 5.41) is 16.7. The Balaban J connectivity index is -0.0000000300. The van der Waals surface area contributed by atoms with Crippen LogP contribution in [0.25, 0.3) is 0 Å². The van der Waals surface area contributed by atoms with Crippen LogP contribution in [0.1, 0.15) is 6.92 Å². The molecule has 0 aliphatic heterocycles. The summed E-state index contributed by atoms with van der Waals surface area (Å²) in [5.41, 5.74) is 4.47. The molecule has 1 amide bonds. The molecule has 0 aromatic carbocycles. The summed E-state index contributed by atoms with van der Waals surface area (Å²) in [6, 6.07) is 0. The smallest absolute Gasteiger partial charge is 0.652 e. The van der Waals surface area contributed by atoms with Crippen molar-refractivity contribution in [3.8, 4) is 0 Å². The number of carbonyl (C=O) groups excluding carboxylic acids is 2. The van der Waals surface area contributed by atoms with Gasteiger partial charge in [-0.1, -0.05) is 0 Å². The zero-order valence-corrected chi connectivity index (χ0v) is 12.5. The molecule has 5 nitrogen and oxygen atoms in total. The van der Waals surface area contributed by atoms with Crippen LogP contribution in [0.5, 0.6) is 0 Å². The molecule has 0 aromatic heterocycles. The standard InChI is InChI=1S/C2H5NO.CH2O3.2K/c1-2(3)4;2-1(3)4;;/h1H3,(H2,3,4);(H2,2,3,4);;/q;;2*+1/p-2. The predicted octanol–water partition coefficient (Wildman–Crippen LogP) is -8.95. The second kappa shape index (κ2) is 17.2. The van der Waals surface area contributed by atoms with E-state index in [0.717, 1.165) is 0 Å². The van der Waals surface area contributed by atoms with Gasteiger partial charge in [0.15, 0.2) is 0 Å². The molecule has 0 fully saturated rings. The summed E-state index contributed by atoms with van der Waals surface area (Å²) in [7, 11) is 0. The summed E-state index contributed by atoms with van der Waals surface area (Å²) in [6.07, 6.45) is -2.33. The van der Waals surface area contributed by atoms with E-state index in [2.05, 4.69) is 5.73 Å². The summed E-state index contributed by atoms with van der Waals surface area (Å²) < 4.78 is 0. The number of amides is 1. The first kappa shape index (κ1) is 22.7. The maximum absolute atomic E-state index is 9.22. The fraction of sp³-hybridized carbons (Fsp3) is 0.333. The molecule has 0 heterocycles. The Morgan fingerprint density at radius 2 is 1.20 bits per heavy atom. The number of carbonyl (C=O) groups is 2.